The van der Waals surface area contributed by atoms with Crippen molar-refractivity contribution >= 4 is 16.8 Å². The summed E-state index contributed by atoms with van der Waals surface area (Å²) in [4.78, 5) is 21.2. The minimum Gasteiger partial charge on any atom is -0.490 e. The van der Waals surface area contributed by atoms with Gasteiger partial charge in [0, 0.05) is 48.7 Å². The first kappa shape index (κ1) is 23.4. The van der Waals surface area contributed by atoms with Crippen molar-refractivity contribution in [3.05, 3.63) is 53.7 Å². The lowest BCUT2D eigenvalue weighted by molar-refractivity contribution is 0.0300. The Morgan fingerprint density at radius 3 is 2.46 bits per heavy atom. The molecule has 0 bridgehead atoms. The summed E-state index contributed by atoms with van der Waals surface area (Å²) in [7, 11) is 0. The molecule has 1 N–H and O–H groups in total. The Morgan fingerprint density at radius 2 is 1.80 bits per heavy atom. The smallest absolute Gasteiger partial charge is 0.271 e. The molecule has 0 saturated carbocycles. The lowest BCUT2D eigenvalue weighted by Crippen LogP contribution is -2.41. The molecule has 1 amide bonds. The number of hydrogen-bond donors (Lipinski definition) is 1. The maximum Gasteiger partial charge on any atom is 0.271 e. The molecule has 2 saturated heterocycles. The number of aromatic amines is 1. The van der Waals surface area contributed by atoms with Crippen molar-refractivity contribution in [1.29, 1.82) is 5.26 Å². The zero-order valence-electron chi connectivity index (χ0n) is 20.4. The van der Waals surface area contributed by atoms with Crippen LogP contribution in [0.2, 0.25) is 0 Å². The van der Waals surface area contributed by atoms with Crippen molar-refractivity contribution < 1.29 is 14.3 Å². The van der Waals surface area contributed by atoms with Gasteiger partial charge in [-0.2, -0.15) is 5.26 Å². The van der Waals surface area contributed by atoms with E-state index in [0.717, 1.165) is 53.7 Å². The van der Waals surface area contributed by atoms with Gasteiger partial charge in [-0.05, 0) is 62.6 Å². The van der Waals surface area contributed by atoms with E-state index in [1.165, 1.54) is 0 Å². The van der Waals surface area contributed by atoms with Crippen molar-refractivity contribution in [3.8, 4) is 22.9 Å². The Labute approximate surface area is 206 Å². The van der Waals surface area contributed by atoms with Crippen LogP contribution in [0.25, 0.3) is 22.0 Å². The number of nitrogens with one attached hydrogen (secondary N) is 1. The van der Waals surface area contributed by atoms with Gasteiger partial charge in [-0.15, -0.1) is 0 Å². The highest BCUT2D eigenvalue weighted by Gasteiger charge is 2.26. The standard InChI is InChI=1S/C28H32N4O3/c1-19(2)31-11-9-22(10-12-31)35-23-7-8-25-24(17-23)26(21-5-3-20(18-29)4-6-21)27(30-25)28(33)32-13-15-34-16-14-32/h3-8,17,19,22,30H,9-16H2,1-2H3. The van der Waals surface area contributed by atoms with Gasteiger partial charge in [-0.3, -0.25) is 4.79 Å². The van der Waals surface area contributed by atoms with Gasteiger partial charge < -0.3 is 24.3 Å². The summed E-state index contributed by atoms with van der Waals surface area (Å²) < 4.78 is 11.8. The second-order valence-electron chi connectivity index (χ2n) is 9.62. The van der Waals surface area contributed by atoms with Gasteiger partial charge in [0.1, 0.15) is 17.5 Å². The molecule has 0 atom stereocenters. The summed E-state index contributed by atoms with van der Waals surface area (Å²) in [6.07, 6.45) is 2.20. The first-order valence-electron chi connectivity index (χ1n) is 12.5. The van der Waals surface area contributed by atoms with E-state index in [0.29, 0.717) is 43.6 Å². The number of carbonyl (C=O) groups excluding carboxylic acids is 1. The second kappa shape index (κ2) is 10.1. The van der Waals surface area contributed by atoms with E-state index in [-0.39, 0.29) is 12.0 Å². The predicted molar refractivity (Wildman–Crippen MR) is 136 cm³/mol. The van der Waals surface area contributed by atoms with Crippen LogP contribution in [0.5, 0.6) is 5.75 Å². The molecule has 1 aromatic heterocycles. The second-order valence-corrected chi connectivity index (χ2v) is 9.62. The van der Waals surface area contributed by atoms with E-state index < -0.39 is 0 Å². The number of carbonyl (C=O) groups is 1. The molecule has 2 aromatic carbocycles. The molecule has 0 unspecified atom stereocenters. The maximum atomic E-state index is 13.5. The van der Waals surface area contributed by atoms with Gasteiger partial charge in [-0.1, -0.05) is 12.1 Å². The van der Waals surface area contributed by atoms with Crippen molar-refractivity contribution in [2.45, 2.75) is 38.8 Å². The van der Waals surface area contributed by atoms with Crippen molar-refractivity contribution in [3.63, 3.8) is 0 Å². The van der Waals surface area contributed by atoms with Gasteiger partial charge in [-0.25, -0.2) is 0 Å². The van der Waals surface area contributed by atoms with E-state index >= 15 is 0 Å². The summed E-state index contributed by atoms with van der Waals surface area (Å²) in [6, 6.07) is 16.2. The highest BCUT2D eigenvalue weighted by atomic mass is 16.5. The molecule has 0 radical (unpaired) electrons. The van der Waals surface area contributed by atoms with E-state index in [4.69, 9.17) is 9.47 Å². The molecule has 5 rings (SSSR count). The Morgan fingerprint density at radius 1 is 1.09 bits per heavy atom. The minimum atomic E-state index is -0.0348. The number of piperidine rings is 1. The number of ether oxygens (including phenoxy) is 2. The van der Waals surface area contributed by atoms with Crippen LogP contribution in [-0.2, 0) is 4.74 Å². The average molecular weight is 473 g/mol. The maximum absolute atomic E-state index is 13.5. The van der Waals surface area contributed by atoms with Crippen LogP contribution >= 0.6 is 0 Å². The molecular formula is C28H32N4O3. The summed E-state index contributed by atoms with van der Waals surface area (Å²) >= 11 is 0. The Hall–Kier alpha value is -3.34. The normalized spacial score (nSPS) is 17.6. The third-order valence-corrected chi connectivity index (χ3v) is 7.09. The molecule has 182 valence electrons. The number of nitriles is 1. The fourth-order valence-electron chi connectivity index (χ4n) is 5.04. The Kier molecular flexibility index (Phi) is 6.76. The summed E-state index contributed by atoms with van der Waals surface area (Å²) in [5.74, 6) is 0.784. The number of aromatic nitrogens is 1. The molecule has 35 heavy (non-hydrogen) atoms. The molecule has 0 spiro atoms. The number of likely N-dealkylation sites (tertiary alicyclic amines) is 1. The van der Waals surface area contributed by atoms with Crippen LogP contribution in [-0.4, -0.2) is 72.2 Å². The Bertz CT molecular complexity index is 1230. The van der Waals surface area contributed by atoms with Crippen LogP contribution in [0.4, 0.5) is 0 Å². The topological polar surface area (TPSA) is 81.6 Å². The van der Waals surface area contributed by atoms with Crippen molar-refractivity contribution in [1.82, 2.24) is 14.8 Å². The number of fused-ring (bicyclic) bond motifs is 1. The van der Waals surface area contributed by atoms with Gasteiger partial charge in [0.05, 0.1) is 24.8 Å². The first-order chi connectivity index (χ1) is 17.0. The van der Waals surface area contributed by atoms with E-state index in [1.54, 1.807) is 12.1 Å². The van der Waals surface area contributed by atoms with Gasteiger partial charge in [0.2, 0.25) is 0 Å². The lowest BCUT2D eigenvalue weighted by Gasteiger charge is -2.34. The number of hydrogen-bond acceptors (Lipinski definition) is 5. The lowest BCUT2D eigenvalue weighted by atomic mass is 9.99. The summed E-state index contributed by atoms with van der Waals surface area (Å²) in [5, 5.41) is 10.2. The zero-order chi connectivity index (χ0) is 24.4. The van der Waals surface area contributed by atoms with Crippen LogP contribution in [0.15, 0.2) is 42.5 Å². The Balaban J connectivity index is 1.49. The number of benzene rings is 2. The van der Waals surface area contributed by atoms with Crippen LogP contribution in [0.3, 0.4) is 0 Å². The number of amides is 1. The van der Waals surface area contributed by atoms with Crippen molar-refractivity contribution in [2.75, 3.05) is 39.4 Å². The summed E-state index contributed by atoms with van der Waals surface area (Å²) in [6.45, 7) is 8.81. The van der Waals surface area contributed by atoms with E-state index in [1.807, 2.05) is 35.2 Å². The SMILES string of the molecule is CC(C)N1CCC(Oc2ccc3[nH]c(C(=O)N4CCOCC4)c(-c4ccc(C#N)cc4)c3c2)CC1. The van der Waals surface area contributed by atoms with Crippen LogP contribution in [0.1, 0.15) is 42.7 Å². The number of H-pyrrole nitrogens is 1. The van der Waals surface area contributed by atoms with Crippen LogP contribution in [0, 0.1) is 11.3 Å². The van der Waals surface area contributed by atoms with Crippen LogP contribution < -0.4 is 4.74 Å². The largest absolute Gasteiger partial charge is 0.490 e. The monoisotopic (exact) mass is 472 g/mol. The highest BCUT2D eigenvalue weighted by Crippen LogP contribution is 2.36. The number of rotatable bonds is 5. The number of nitrogens with zero attached hydrogens (tertiary/aromatic N) is 3. The molecular weight excluding hydrogens is 440 g/mol. The predicted octanol–water partition coefficient (Wildman–Crippen LogP) is 4.43. The van der Waals surface area contributed by atoms with Gasteiger partial charge in [0.25, 0.3) is 5.91 Å². The van der Waals surface area contributed by atoms with Gasteiger partial charge in [0.15, 0.2) is 0 Å². The molecule has 7 heteroatoms. The molecule has 3 aromatic rings. The van der Waals surface area contributed by atoms with E-state index in [9.17, 15) is 10.1 Å². The minimum absolute atomic E-state index is 0.0348. The molecule has 0 aliphatic carbocycles. The molecule has 7 nitrogen and oxygen atoms in total. The molecule has 3 heterocycles. The fourth-order valence-corrected chi connectivity index (χ4v) is 5.04. The molecule has 2 fully saturated rings. The summed E-state index contributed by atoms with van der Waals surface area (Å²) in [5.41, 5.74) is 3.79. The first-order valence-corrected chi connectivity index (χ1v) is 12.5. The zero-order valence-corrected chi connectivity index (χ0v) is 20.4. The van der Waals surface area contributed by atoms with E-state index in [2.05, 4.69) is 29.8 Å². The van der Waals surface area contributed by atoms with Gasteiger partial charge >= 0.3 is 0 Å². The third kappa shape index (κ3) is 4.90. The average Bonchev–Trinajstić information content (AvgIpc) is 3.28. The number of morpholine rings is 1. The highest BCUT2D eigenvalue weighted by molar-refractivity contribution is 6.10. The molecule has 2 aliphatic rings. The van der Waals surface area contributed by atoms with Crippen molar-refractivity contribution in [2.24, 2.45) is 0 Å². The molecule has 2 aliphatic heterocycles. The fraction of sp³-hybridized carbons (Fsp3) is 0.429. The third-order valence-electron chi connectivity index (χ3n) is 7.09. The quantitative estimate of drug-likeness (QED) is 0.594.